The van der Waals surface area contributed by atoms with Crippen molar-refractivity contribution in [3.05, 3.63) is 0 Å². The topological polar surface area (TPSA) is 102 Å². The molecular weight excluding hydrogens is 402 g/mol. The van der Waals surface area contributed by atoms with Crippen LogP contribution in [-0.4, -0.2) is 72.0 Å². The molecule has 9 atom stereocenters. The van der Waals surface area contributed by atoms with Crippen LogP contribution < -0.4 is 0 Å². The Morgan fingerprint density at radius 2 is 1.81 bits per heavy atom. The number of carbonyl (C=O) groups excluding carboxylic acids is 3. The first-order valence-electron chi connectivity index (χ1n) is 11.6. The Kier molecular flexibility index (Phi) is 6.07. The highest BCUT2D eigenvalue weighted by molar-refractivity contribution is 5.76. The third kappa shape index (κ3) is 3.86. The summed E-state index contributed by atoms with van der Waals surface area (Å²) in [5.41, 5.74) is -0.845. The van der Waals surface area contributed by atoms with Gasteiger partial charge in [-0.1, -0.05) is 13.8 Å². The second kappa shape index (κ2) is 8.35. The minimum absolute atomic E-state index is 0.0119. The van der Waals surface area contributed by atoms with E-state index in [-0.39, 0.29) is 35.8 Å². The molecule has 8 nitrogen and oxygen atoms in total. The summed E-state index contributed by atoms with van der Waals surface area (Å²) in [5.74, 6) is -2.00. The first-order chi connectivity index (χ1) is 14.6. The second-order valence-corrected chi connectivity index (χ2v) is 10.2. The smallest absolute Gasteiger partial charge is 0.311 e. The number of ether oxygens (including phenoxy) is 3. The minimum Gasteiger partial charge on any atom is -0.462 e. The molecule has 8 heteroatoms. The predicted molar refractivity (Wildman–Crippen MR) is 110 cm³/mol. The van der Waals surface area contributed by atoms with Gasteiger partial charge in [0.2, 0.25) is 0 Å². The molecule has 0 aromatic heterocycles. The largest absolute Gasteiger partial charge is 0.462 e. The monoisotopic (exact) mass is 437 g/mol. The van der Waals surface area contributed by atoms with Crippen molar-refractivity contribution in [3.63, 3.8) is 0 Å². The zero-order valence-corrected chi connectivity index (χ0v) is 18.9. The molecule has 2 heterocycles. The van der Waals surface area contributed by atoms with Crippen molar-refractivity contribution >= 4 is 17.9 Å². The van der Waals surface area contributed by atoms with Crippen LogP contribution in [0, 0.1) is 29.1 Å². The Balaban J connectivity index is 1.74. The number of hydrogen-bond acceptors (Lipinski definition) is 8. The lowest BCUT2D eigenvalue weighted by atomic mass is 9.66. The lowest BCUT2D eigenvalue weighted by Crippen LogP contribution is -2.53. The fourth-order valence-corrected chi connectivity index (χ4v) is 7.03. The number of rotatable bonds is 4. The molecular formula is C23H35NO7. The maximum Gasteiger partial charge on any atom is 0.311 e. The van der Waals surface area contributed by atoms with E-state index < -0.39 is 35.6 Å². The van der Waals surface area contributed by atoms with Gasteiger partial charge in [-0.05, 0) is 38.3 Å². The average Bonchev–Trinajstić information content (AvgIpc) is 3.31. The molecule has 174 valence electrons. The molecule has 0 spiro atoms. The number of hydrogen-bond donors (Lipinski definition) is 1. The van der Waals surface area contributed by atoms with Crippen LogP contribution in [0.1, 0.15) is 53.4 Å². The number of aliphatic hydroxyl groups excluding tert-OH is 1. The van der Waals surface area contributed by atoms with E-state index in [0.29, 0.717) is 19.4 Å². The molecule has 0 radical (unpaired) electrons. The summed E-state index contributed by atoms with van der Waals surface area (Å²) in [6.07, 6.45) is 0.756. The molecule has 4 fully saturated rings. The molecule has 2 aliphatic heterocycles. The van der Waals surface area contributed by atoms with Crippen LogP contribution in [0.5, 0.6) is 0 Å². The number of esters is 3. The Morgan fingerprint density at radius 3 is 2.42 bits per heavy atom. The van der Waals surface area contributed by atoms with Crippen molar-refractivity contribution in [2.45, 2.75) is 77.8 Å². The summed E-state index contributed by atoms with van der Waals surface area (Å²) < 4.78 is 17.4. The third-order valence-electron chi connectivity index (χ3n) is 8.20. The van der Waals surface area contributed by atoms with Crippen LogP contribution in [0.2, 0.25) is 0 Å². The average molecular weight is 438 g/mol. The zero-order chi connectivity index (χ0) is 22.5. The quantitative estimate of drug-likeness (QED) is 0.522. The van der Waals surface area contributed by atoms with Crippen LogP contribution in [0.15, 0.2) is 0 Å². The van der Waals surface area contributed by atoms with Gasteiger partial charge in [-0.15, -0.1) is 0 Å². The Morgan fingerprint density at radius 1 is 1.16 bits per heavy atom. The van der Waals surface area contributed by atoms with Crippen molar-refractivity contribution < 1.29 is 33.7 Å². The molecule has 3 unspecified atom stereocenters. The van der Waals surface area contributed by atoms with Gasteiger partial charge in [-0.3, -0.25) is 14.4 Å². The lowest BCUT2D eigenvalue weighted by molar-refractivity contribution is -0.174. The van der Waals surface area contributed by atoms with Crippen LogP contribution in [0.4, 0.5) is 0 Å². The van der Waals surface area contributed by atoms with E-state index in [4.69, 9.17) is 14.2 Å². The summed E-state index contributed by atoms with van der Waals surface area (Å²) in [6, 6.07) is 0. The van der Waals surface area contributed by atoms with Gasteiger partial charge in [-0.2, -0.15) is 0 Å². The highest BCUT2D eigenvalue weighted by atomic mass is 16.6. The van der Waals surface area contributed by atoms with Crippen molar-refractivity contribution in [3.8, 4) is 0 Å². The highest BCUT2D eigenvalue weighted by Crippen LogP contribution is 2.59. The van der Waals surface area contributed by atoms with E-state index in [0.717, 1.165) is 25.9 Å². The molecule has 2 saturated carbocycles. The van der Waals surface area contributed by atoms with Gasteiger partial charge in [-0.25, -0.2) is 0 Å². The molecule has 4 rings (SSSR count). The van der Waals surface area contributed by atoms with Crippen LogP contribution in [0.3, 0.4) is 0 Å². The molecule has 0 bridgehead atoms. The van der Waals surface area contributed by atoms with Gasteiger partial charge in [0.1, 0.15) is 18.3 Å². The van der Waals surface area contributed by atoms with E-state index in [1.807, 2.05) is 13.8 Å². The van der Waals surface area contributed by atoms with Gasteiger partial charge < -0.3 is 24.2 Å². The minimum atomic E-state index is -0.845. The number of likely N-dealkylation sites (tertiary alicyclic amines) is 1. The SMILES string of the molecule is CC(=O)OC1C[C@H](O)[C@]2(C)C1[C@H](C)C[C@@H]1OC(=O)C(CN3CCCC3)[C@H]1[C@@H]2OC(C)=O. The number of fused-ring (bicyclic) bond motifs is 2. The summed E-state index contributed by atoms with van der Waals surface area (Å²) in [6.45, 7) is 9.19. The molecule has 2 aliphatic carbocycles. The molecule has 1 N–H and O–H groups in total. The molecule has 2 saturated heterocycles. The Labute approximate surface area is 183 Å². The van der Waals surface area contributed by atoms with Crippen LogP contribution in [-0.2, 0) is 28.6 Å². The fourth-order valence-electron chi connectivity index (χ4n) is 7.03. The highest BCUT2D eigenvalue weighted by Gasteiger charge is 2.67. The Bertz CT molecular complexity index is 735. The first kappa shape index (κ1) is 22.5. The van der Waals surface area contributed by atoms with Crippen molar-refractivity contribution in [2.24, 2.45) is 29.1 Å². The number of nitrogens with zero attached hydrogens (tertiary/aromatic N) is 1. The molecule has 0 aromatic carbocycles. The van der Waals surface area contributed by atoms with E-state index in [1.165, 1.54) is 13.8 Å². The van der Waals surface area contributed by atoms with E-state index in [2.05, 4.69) is 4.90 Å². The summed E-state index contributed by atoms with van der Waals surface area (Å²) in [5, 5.41) is 11.2. The van der Waals surface area contributed by atoms with E-state index in [9.17, 15) is 19.5 Å². The molecule has 0 aromatic rings. The maximum atomic E-state index is 12.9. The standard InChI is InChI=1S/C23H35NO7/c1-12-9-16-19(15(22(28)31-16)11-24-7-5-6-8-24)21(30-14(3)26)23(4)18(27)10-17(20(12)23)29-13(2)25/h12,15-21,27H,5-11H2,1-4H3/t12-,15?,16+,17?,18+,19-,20?,21+,23-/m1/s1. The van der Waals surface area contributed by atoms with E-state index >= 15 is 0 Å². The van der Waals surface area contributed by atoms with Crippen LogP contribution in [0.25, 0.3) is 0 Å². The predicted octanol–water partition coefficient (Wildman–Crippen LogP) is 1.53. The first-order valence-corrected chi connectivity index (χ1v) is 11.6. The third-order valence-corrected chi connectivity index (χ3v) is 8.20. The number of carbonyl (C=O) groups is 3. The summed E-state index contributed by atoms with van der Waals surface area (Å²) in [7, 11) is 0. The fraction of sp³-hybridized carbons (Fsp3) is 0.870. The maximum absolute atomic E-state index is 12.9. The normalized spacial score (nSPS) is 44.9. The van der Waals surface area contributed by atoms with Gasteiger partial charge in [0.15, 0.2) is 0 Å². The van der Waals surface area contributed by atoms with E-state index in [1.54, 1.807) is 0 Å². The molecule has 4 aliphatic rings. The second-order valence-electron chi connectivity index (χ2n) is 10.2. The zero-order valence-electron chi connectivity index (χ0n) is 18.9. The van der Waals surface area contributed by atoms with Crippen molar-refractivity contribution in [2.75, 3.05) is 19.6 Å². The Hall–Kier alpha value is -1.67. The van der Waals surface area contributed by atoms with Crippen molar-refractivity contribution in [1.82, 2.24) is 4.90 Å². The van der Waals surface area contributed by atoms with Gasteiger partial charge >= 0.3 is 17.9 Å². The van der Waals surface area contributed by atoms with Crippen molar-refractivity contribution in [1.29, 1.82) is 0 Å². The molecule has 0 amide bonds. The van der Waals surface area contributed by atoms with Gasteiger partial charge in [0, 0.05) is 44.1 Å². The van der Waals surface area contributed by atoms with Crippen LogP contribution >= 0.6 is 0 Å². The molecule has 31 heavy (non-hydrogen) atoms. The van der Waals surface area contributed by atoms with Gasteiger partial charge in [0.25, 0.3) is 0 Å². The summed E-state index contributed by atoms with van der Waals surface area (Å²) >= 11 is 0. The van der Waals surface area contributed by atoms with Gasteiger partial charge in [0.05, 0.1) is 12.0 Å². The number of aliphatic hydroxyl groups is 1. The lowest BCUT2D eigenvalue weighted by Gasteiger charge is -2.44. The summed E-state index contributed by atoms with van der Waals surface area (Å²) in [4.78, 5) is 39.2.